The van der Waals surface area contributed by atoms with Gasteiger partial charge in [-0.2, -0.15) is 0 Å². The van der Waals surface area contributed by atoms with Crippen molar-refractivity contribution in [3.05, 3.63) is 42.0 Å². The van der Waals surface area contributed by atoms with Gasteiger partial charge in [-0.05, 0) is 26.3 Å². The molecule has 1 aromatic rings. The van der Waals surface area contributed by atoms with Crippen LogP contribution in [0.4, 0.5) is 0 Å². The maximum atomic E-state index is 12.2. The van der Waals surface area contributed by atoms with E-state index < -0.39 is 14.6 Å². The summed E-state index contributed by atoms with van der Waals surface area (Å²) in [6, 6.07) is 10.3. The monoisotopic (exact) mass is 406 g/mol. The van der Waals surface area contributed by atoms with Gasteiger partial charge in [0, 0.05) is 46.3 Å². The van der Waals surface area contributed by atoms with E-state index in [-0.39, 0.29) is 5.75 Å². The second-order valence-electron chi connectivity index (χ2n) is 8.01. The average molecular weight is 407 g/mol. The van der Waals surface area contributed by atoms with Crippen LogP contribution in [0.15, 0.2) is 41.4 Å². The molecule has 0 atom stereocenters. The quantitative estimate of drug-likeness (QED) is 0.579. The number of nitrogens with one attached hydrogen (secondary N) is 1. The molecule has 156 valence electrons. The highest BCUT2D eigenvalue weighted by Crippen LogP contribution is 2.15. The number of aliphatic imine (C=N–C) groups is 1. The molecule has 1 aliphatic rings. The molecule has 0 saturated carbocycles. The highest BCUT2D eigenvalue weighted by Gasteiger charge is 2.28. The number of piperazine rings is 1. The predicted molar refractivity (Wildman–Crippen MR) is 118 cm³/mol. The Balaban J connectivity index is 1.75. The lowest BCUT2D eigenvalue weighted by atomic mass is 10.2. The first-order valence-corrected chi connectivity index (χ1v) is 11.5. The Bertz CT molecular complexity index is 759. The molecular weight excluding hydrogens is 372 g/mol. The van der Waals surface area contributed by atoms with E-state index in [4.69, 9.17) is 0 Å². The molecule has 1 saturated heterocycles. The topological polar surface area (TPSA) is 65.0 Å². The van der Waals surface area contributed by atoms with Crippen LogP contribution in [0.1, 0.15) is 26.3 Å². The number of benzene rings is 1. The summed E-state index contributed by atoms with van der Waals surface area (Å²) in [5.74, 6) is 0.892. The Kier molecular flexibility index (Phi) is 8.07. The Hall–Kier alpha value is -1.86. The van der Waals surface area contributed by atoms with Crippen LogP contribution in [0.3, 0.4) is 0 Å². The van der Waals surface area contributed by atoms with Gasteiger partial charge in [-0.15, -0.1) is 0 Å². The fourth-order valence-electron chi connectivity index (χ4n) is 2.98. The van der Waals surface area contributed by atoms with Gasteiger partial charge in [-0.25, -0.2) is 8.42 Å². The van der Waals surface area contributed by atoms with Crippen molar-refractivity contribution in [1.29, 1.82) is 0 Å². The van der Waals surface area contributed by atoms with E-state index in [9.17, 15) is 8.42 Å². The van der Waals surface area contributed by atoms with Crippen LogP contribution < -0.4 is 5.32 Å². The molecule has 1 fully saturated rings. The molecule has 2 rings (SSSR count). The third-order valence-corrected chi connectivity index (χ3v) is 7.55. The van der Waals surface area contributed by atoms with E-state index in [1.807, 2.05) is 18.2 Å². The first kappa shape index (κ1) is 22.4. The van der Waals surface area contributed by atoms with Crippen molar-refractivity contribution in [2.24, 2.45) is 4.99 Å². The molecule has 0 bridgehead atoms. The average Bonchev–Trinajstić information content (AvgIpc) is 2.66. The number of sulfone groups is 1. The van der Waals surface area contributed by atoms with Crippen molar-refractivity contribution in [2.75, 3.05) is 52.1 Å². The van der Waals surface area contributed by atoms with Crippen molar-refractivity contribution < 1.29 is 8.42 Å². The summed E-state index contributed by atoms with van der Waals surface area (Å²) < 4.78 is 23.7. The third kappa shape index (κ3) is 6.63. The summed E-state index contributed by atoms with van der Waals surface area (Å²) in [5, 5.41) is 3.21. The van der Waals surface area contributed by atoms with E-state index >= 15 is 0 Å². The maximum absolute atomic E-state index is 12.2. The van der Waals surface area contributed by atoms with Crippen molar-refractivity contribution in [1.82, 2.24) is 15.1 Å². The molecule has 0 amide bonds. The summed E-state index contributed by atoms with van der Waals surface area (Å²) in [6.45, 7) is 10.2. The van der Waals surface area contributed by atoms with Crippen molar-refractivity contribution in [3.63, 3.8) is 0 Å². The standard InChI is InChI=1S/C21H34N4O2S/c1-21(2,3)28(26,27)18-12-23-20(22-4)25-16-14-24(15-17-25)13-8-11-19-9-6-5-7-10-19/h5-11H,12-18H2,1-4H3,(H,22,23)/b11-8+. The molecule has 1 heterocycles. The fraction of sp³-hybridized carbons (Fsp3) is 0.571. The summed E-state index contributed by atoms with van der Waals surface area (Å²) >= 11 is 0. The molecule has 0 spiro atoms. The number of rotatable bonds is 6. The Morgan fingerprint density at radius 2 is 1.79 bits per heavy atom. The molecule has 28 heavy (non-hydrogen) atoms. The van der Waals surface area contributed by atoms with E-state index in [1.54, 1.807) is 27.8 Å². The molecule has 1 aliphatic heterocycles. The molecular formula is C21H34N4O2S. The van der Waals surface area contributed by atoms with Gasteiger partial charge in [0.15, 0.2) is 15.8 Å². The second-order valence-corrected chi connectivity index (χ2v) is 10.9. The molecule has 0 radical (unpaired) electrons. The Morgan fingerprint density at radius 3 is 2.36 bits per heavy atom. The predicted octanol–water partition coefficient (Wildman–Crippen LogP) is 2.11. The lowest BCUT2D eigenvalue weighted by Crippen LogP contribution is -2.53. The first-order valence-electron chi connectivity index (χ1n) is 9.85. The molecule has 1 N–H and O–H groups in total. The lowest BCUT2D eigenvalue weighted by molar-refractivity contribution is 0.194. The van der Waals surface area contributed by atoms with Gasteiger partial charge in [0.2, 0.25) is 0 Å². The lowest BCUT2D eigenvalue weighted by Gasteiger charge is -2.36. The zero-order valence-corrected chi connectivity index (χ0v) is 18.4. The van der Waals surface area contributed by atoms with Gasteiger partial charge >= 0.3 is 0 Å². The van der Waals surface area contributed by atoms with E-state index in [0.29, 0.717) is 6.54 Å². The Labute approximate surface area is 170 Å². The van der Waals surface area contributed by atoms with Crippen LogP contribution in [0.2, 0.25) is 0 Å². The van der Waals surface area contributed by atoms with Crippen LogP contribution in [-0.2, 0) is 9.84 Å². The van der Waals surface area contributed by atoms with Gasteiger partial charge in [0.05, 0.1) is 10.5 Å². The van der Waals surface area contributed by atoms with Crippen LogP contribution in [0.5, 0.6) is 0 Å². The minimum atomic E-state index is -3.13. The highest BCUT2D eigenvalue weighted by molar-refractivity contribution is 7.92. The van der Waals surface area contributed by atoms with Gasteiger partial charge in [0.1, 0.15) is 0 Å². The largest absolute Gasteiger partial charge is 0.355 e. The summed E-state index contributed by atoms with van der Waals surface area (Å²) in [6.07, 6.45) is 4.36. The minimum absolute atomic E-state index is 0.111. The minimum Gasteiger partial charge on any atom is -0.355 e. The number of nitrogens with zero attached hydrogens (tertiary/aromatic N) is 3. The van der Waals surface area contributed by atoms with Crippen LogP contribution >= 0.6 is 0 Å². The second kappa shape index (κ2) is 10.1. The van der Waals surface area contributed by atoms with Gasteiger partial charge in [0.25, 0.3) is 0 Å². The van der Waals surface area contributed by atoms with E-state index in [0.717, 1.165) is 38.7 Å². The molecule has 7 heteroatoms. The molecule has 1 aromatic carbocycles. The van der Waals surface area contributed by atoms with Crippen molar-refractivity contribution in [2.45, 2.75) is 25.5 Å². The maximum Gasteiger partial charge on any atom is 0.193 e. The zero-order chi connectivity index (χ0) is 20.6. The normalized spacial score (nSPS) is 17.3. The van der Waals surface area contributed by atoms with E-state index in [2.05, 4.69) is 44.4 Å². The number of guanidine groups is 1. The van der Waals surface area contributed by atoms with Crippen molar-refractivity contribution in [3.8, 4) is 0 Å². The van der Waals surface area contributed by atoms with Crippen LogP contribution in [0, 0.1) is 0 Å². The number of hydrogen-bond donors (Lipinski definition) is 1. The van der Waals surface area contributed by atoms with Gasteiger partial charge < -0.3 is 10.2 Å². The molecule has 0 aliphatic carbocycles. The van der Waals surface area contributed by atoms with E-state index in [1.165, 1.54) is 5.56 Å². The summed E-state index contributed by atoms with van der Waals surface area (Å²) in [5.41, 5.74) is 1.22. The SMILES string of the molecule is CN=C(NCCS(=O)(=O)C(C)(C)C)N1CCN(C/C=C/c2ccccc2)CC1. The molecule has 6 nitrogen and oxygen atoms in total. The van der Waals surface area contributed by atoms with Gasteiger partial charge in [-0.1, -0.05) is 42.5 Å². The summed E-state index contributed by atoms with van der Waals surface area (Å²) in [4.78, 5) is 8.93. The first-order chi connectivity index (χ1) is 13.2. The van der Waals surface area contributed by atoms with Crippen molar-refractivity contribution >= 4 is 21.9 Å². The van der Waals surface area contributed by atoms with Crippen LogP contribution in [-0.4, -0.2) is 81.0 Å². The molecule has 0 unspecified atom stereocenters. The third-order valence-electron chi connectivity index (χ3n) is 4.94. The molecule has 0 aromatic heterocycles. The van der Waals surface area contributed by atoms with Crippen LogP contribution in [0.25, 0.3) is 6.08 Å². The summed E-state index contributed by atoms with van der Waals surface area (Å²) in [7, 11) is -1.38. The Morgan fingerprint density at radius 1 is 1.14 bits per heavy atom. The van der Waals surface area contributed by atoms with Gasteiger partial charge in [-0.3, -0.25) is 9.89 Å². The number of hydrogen-bond acceptors (Lipinski definition) is 4. The fourth-order valence-corrected chi connectivity index (χ4v) is 3.96. The smallest absolute Gasteiger partial charge is 0.193 e. The zero-order valence-electron chi connectivity index (χ0n) is 17.6. The highest BCUT2D eigenvalue weighted by atomic mass is 32.2.